The summed E-state index contributed by atoms with van der Waals surface area (Å²) in [5.41, 5.74) is 4.72. The van der Waals surface area contributed by atoms with Crippen LogP contribution in [0.5, 0.6) is 0 Å². The van der Waals surface area contributed by atoms with Crippen LogP contribution in [-0.2, 0) is 6.42 Å². The van der Waals surface area contributed by atoms with Crippen LogP contribution >= 0.6 is 0 Å². The zero-order valence-electron chi connectivity index (χ0n) is 13.3. The molecule has 1 saturated carbocycles. The molecule has 0 unspecified atom stereocenters. The molecule has 1 aromatic rings. The molecule has 1 aliphatic carbocycles. The second kappa shape index (κ2) is 5.66. The Morgan fingerprint density at radius 3 is 2.26 bits per heavy atom. The zero-order chi connectivity index (χ0) is 14.0. The van der Waals surface area contributed by atoms with Gasteiger partial charge in [0.25, 0.3) is 0 Å². The van der Waals surface area contributed by atoms with Crippen molar-refractivity contribution in [1.82, 2.24) is 4.90 Å². The van der Waals surface area contributed by atoms with E-state index in [4.69, 9.17) is 0 Å². The first-order valence-electron chi connectivity index (χ1n) is 7.66. The molecule has 1 heteroatoms. The molecular formula is C18H29N. The van der Waals surface area contributed by atoms with Gasteiger partial charge in [0.05, 0.1) is 0 Å². The highest BCUT2D eigenvalue weighted by Gasteiger charge is 2.36. The lowest BCUT2D eigenvalue weighted by Crippen LogP contribution is -2.48. The first-order valence-corrected chi connectivity index (χ1v) is 7.66. The number of hydrogen-bond acceptors (Lipinski definition) is 1. The topological polar surface area (TPSA) is 3.24 Å². The standard InChI is InChI=1S/C18H29N/c1-14-8-10-18(11-9-14,19(4)5)13-17-7-6-15(2)16(3)12-17/h6-7,12,14H,8-11,13H2,1-5H3. The summed E-state index contributed by atoms with van der Waals surface area (Å²) >= 11 is 0. The molecule has 0 spiro atoms. The lowest BCUT2D eigenvalue weighted by Gasteiger charge is -2.45. The van der Waals surface area contributed by atoms with Crippen molar-refractivity contribution in [3.05, 3.63) is 34.9 Å². The van der Waals surface area contributed by atoms with E-state index in [1.807, 2.05) is 0 Å². The molecule has 0 saturated heterocycles. The van der Waals surface area contributed by atoms with Gasteiger partial charge in [-0.1, -0.05) is 25.1 Å². The molecule has 1 aliphatic rings. The van der Waals surface area contributed by atoms with Crippen molar-refractivity contribution in [3.63, 3.8) is 0 Å². The summed E-state index contributed by atoms with van der Waals surface area (Å²) in [4.78, 5) is 2.48. The Hall–Kier alpha value is -0.820. The Kier molecular flexibility index (Phi) is 4.35. The van der Waals surface area contributed by atoms with Crippen molar-refractivity contribution in [3.8, 4) is 0 Å². The van der Waals surface area contributed by atoms with Gasteiger partial charge in [-0.3, -0.25) is 0 Å². The Balaban J connectivity index is 2.19. The maximum absolute atomic E-state index is 2.48. The summed E-state index contributed by atoms with van der Waals surface area (Å²) in [5.74, 6) is 0.910. The van der Waals surface area contributed by atoms with Gasteiger partial charge in [-0.15, -0.1) is 0 Å². The van der Waals surface area contributed by atoms with Crippen molar-refractivity contribution in [2.45, 2.75) is 58.4 Å². The maximum atomic E-state index is 2.48. The van der Waals surface area contributed by atoms with Gasteiger partial charge in [-0.05, 0) is 82.7 Å². The third kappa shape index (κ3) is 3.20. The summed E-state index contributed by atoms with van der Waals surface area (Å²) in [6, 6.07) is 6.99. The van der Waals surface area contributed by atoms with E-state index >= 15 is 0 Å². The van der Waals surface area contributed by atoms with Crippen LogP contribution in [0.15, 0.2) is 18.2 Å². The smallest absolute Gasteiger partial charge is 0.0244 e. The number of nitrogens with zero attached hydrogens (tertiary/aromatic N) is 1. The van der Waals surface area contributed by atoms with Crippen LogP contribution < -0.4 is 0 Å². The van der Waals surface area contributed by atoms with Gasteiger partial charge in [0.15, 0.2) is 0 Å². The third-order valence-corrected chi connectivity index (χ3v) is 5.26. The SMILES string of the molecule is Cc1ccc(CC2(N(C)C)CCC(C)CC2)cc1C. The molecule has 1 aromatic carbocycles. The summed E-state index contributed by atoms with van der Waals surface area (Å²) in [6.45, 7) is 6.82. The maximum Gasteiger partial charge on any atom is 0.0244 e. The van der Waals surface area contributed by atoms with Gasteiger partial charge in [0.1, 0.15) is 0 Å². The van der Waals surface area contributed by atoms with E-state index in [9.17, 15) is 0 Å². The van der Waals surface area contributed by atoms with E-state index < -0.39 is 0 Å². The van der Waals surface area contributed by atoms with E-state index in [1.54, 1.807) is 0 Å². The monoisotopic (exact) mass is 259 g/mol. The normalized spacial score (nSPS) is 27.8. The van der Waals surface area contributed by atoms with E-state index in [1.165, 1.54) is 48.8 Å². The number of likely N-dealkylation sites (N-methyl/N-ethyl adjacent to an activating group) is 1. The molecule has 0 N–H and O–H groups in total. The average Bonchev–Trinajstić information content (AvgIpc) is 2.37. The Morgan fingerprint density at radius 2 is 1.74 bits per heavy atom. The predicted octanol–water partition coefficient (Wildman–Crippen LogP) is 4.36. The zero-order valence-corrected chi connectivity index (χ0v) is 13.3. The van der Waals surface area contributed by atoms with Crippen molar-refractivity contribution >= 4 is 0 Å². The van der Waals surface area contributed by atoms with Crippen molar-refractivity contribution in [1.29, 1.82) is 0 Å². The second-order valence-electron chi connectivity index (χ2n) is 6.90. The number of aryl methyl sites for hydroxylation is 2. The van der Waals surface area contributed by atoms with E-state index in [-0.39, 0.29) is 0 Å². The minimum absolute atomic E-state index is 0.383. The molecule has 0 radical (unpaired) electrons. The van der Waals surface area contributed by atoms with Crippen LogP contribution in [0.3, 0.4) is 0 Å². The molecule has 0 amide bonds. The van der Waals surface area contributed by atoms with Gasteiger partial charge >= 0.3 is 0 Å². The summed E-state index contributed by atoms with van der Waals surface area (Å²) in [5, 5.41) is 0. The average molecular weight is 259 g/mol. The molecule has 0 heterocycles. The van der Waals surface area contributed by atoms with Crippen LogP contribution in [-0.4, -0.2) is 24.5 Å². The number of rotatable bonds is 3. The fourth-order valence-corrected chi connectivity index (χ4v) is 3.38. The first kappa shape index (κ1) is 14.6. The molecule has 1 nitrogen and oxygen atoms in total. The van der Waals surface area contributed by atoms with Crippen LogP contribution in [0.1, 0.15) is 49.3 Å². The van der Waals surface area contributed by atoms with Gasteiger partial charge in [0.2, 0.25) is 0 Å². The molecular weight excluding hydrogens is 230 g/mol. The van der Waals surface area contributed by atoms with Crippen LogP contribution in [0.4, 0.5) is 0 Å². The molecule has 1 fully saturated rings. The minimum Gasteiger partial charge on any atom is -0.303 e. The van der Waals surface area contributed by atoms with Gasteiger partial charge in [-0.25, -0.2) is 0 Å². The van der Waals surface area contributed by atoms with Crippen LogP contribution in [0.2, 0.25) is 0 Å². The van der Waals surface area contributed by atoms with E-state index in [0.29, 0.717) is 5.54 Å². The lowest BCUT2D eigenvalue weighted by molar-refractivity contribution is 0.0830. The van der Waals surface area contributed by atoms with Gasteiger partial charge < -0.3 is 4.90 Å². The van der Waals surface area contributed by atoms with Crippen LogP contribution in [0, 0.1) is 19.8 Å². The van der Waals surface area contributed by atoms with Crippen molar-refractivity contribution < 1.29 is 0 Å². The van der Waals surface area contributed by atoms with E-state index in [0.717, 1.165) is 5.92 Å². The molecule has 0 aliphatic heterocycles. The fourth-order valence-electron chi connectivity index (χ4n) is 3.38. The number of hydrogen-bond donors (Lipinski definition) is 0. The molecule has 106 valence electrons. The summed E-state index contributed by atoms with van der Waals surface area (Å²) in [6.07, 6.45) is 6.64. The Bertz CT molecular complexity index is 425. The summed E-state index contributed by atoms with van der Waals surface area (Å²) in [7, 11) is 4.52. The second-order valence-corrected chi connectivity index (χ2v) is 6.90. The third-order valence-electron chi connectivity index (χ3n) is 5.26. The molecule has 0 bridgehead atoms. The highest BCUT2D eigenvalue weighted by Crippen LogP contribution is 2.37. The first-order chi connectivity index (χ1) is 8.93. The lowest BCUT2D eigenvalue weighted by atomic mass is 9.73. The Morgan fingerprint density at radius 1 is 1.11 bits per heavy atom. The Labute approximate surface area is 119 Å². The largest absolute Gasteiger partial charge is 0.303 e. The minimum atomic E-state index is 0.383. The predicted molar refractivity (Wildman–Crippen MR) is 83.7 cm³/mol. The highest BCUT2D eigenvalue weighted by molar-refractivity contribution is 5.31. The molecule has 0 atom stereocenters. The highest BCUT2D eigenvalue weighted by atomic mass is 15.1. The molecule has 19 heavy (non-hydrogen) atoms. The molecule has 2 rings (SSSR count). The van der Waals surface area contributed by atoms with Gasteiger partial charge in [-0.2, -0.15) is 0 Å². The van der Waals surface area contributed by atoms with Crippen molar-refractivity contribution in [2.75, 3.05) is 14.1 Å². The summed E-state index contributed by atoms with van der Waals surface area (Å²) < 4.78 is 0. The fraction of sp³-hybridized carbons (Fsp3) is 0.667. The van der Waals surface area contributed by atoms with Gasteiger partial charge in [0, 0.05) is 5.54 Å². The number of benzene rings is 1. The van der Waals surface area contributed by atoms with Crippen LogP contribution in [0.25, 0.3) is 0 Å². The van der Waals surface area contributed by atoms with E-state index in [2.05, 4.69) is 58.0 Å². The van der Waals surface area contributed by atoms with Crippen molar-refractivity contribution in [2.24, 2.45) is 5.92 Å². The quantitative estimate of drug-likeness (QED) is 0.779. The molecule has 0 aromatic heterocycles.